The highest BCUT2D eigenvalue weighted by atomic mass is 32.1. The Hall–Kier alpha value is -4.30. The summed E-state index contributed by atoms with van der Waals surface area (Å²) in [5.74, 6) is -1.39. The van der Waals surface area contributed by atoms with Gasteiger partial charge in [-0.3, -0.25) is 9.59 Å². The normalized spacial score (nSPS) is 11.1. The molecule has 2 heterocycles. The van der Waals surface area contributed by atoms with Crippen molar-refractivity contribution in [2.24, 2.45) is 0 Å². The quantitative estimate of drug-likeness (QED) is 0.329. The number of halogens is 1. The van der Waals surface area contributed by atoms with E-state index in [9.17, 15) is 19.1 Å². The maximum Gasteiger partial charge on any atom is 0.268 e. The van der Waals surface area contributed by atoms with Crippen LogP contribution in [0.4, 0.5) is 10.1 Å². The van der Waals surface area contributed by atoms with E-state index in [1.807, 2.05) is 0 Å². The number of carbonyl (C=O) groups excluding carboxylic acids is 1. The fourth-order valence-electron chi connectivity index (χ4n) is 3.82. The Balaban J connectivity index is 1.46. The lowest BCUT2D eigenvalue weighted by molar-refractivity contribution is 0.102. The SMILES string of the molecule is C=CCn1c(=O)c(C(=O)Nc2ccc(-c3nc4ccc(F)cc4s3)cc2)c(O)c2ccccc21. The van der Waals surface area contributed by atoms with Crippen LogP contribution in [0.25, 0.3) is 31.7 Å². The highest BCUT2D eigenvalue weighted by Crippen LogP contribution is 2.31. The molecule has 0 saturated carbocycles. The first kappa shape index (κ1) is 21.5. The second kappa shape index (κ2) is 8.57. The van der Waals surface area contributed by atoms with Gasteiger partial charge in [-0.1, -0.05) is 18.2 Å². The molecule has 6 nitrogen and oxygen atoms in total. The van der Waals surface area contributed by atoms with Gasteiger partial charge < -0.3 is 15.0 Å². The van der Waals surface area contributed by atoms with Crippen molar-refractivity contribution in [2.45, 2.75) is 6.54 Å². The Kier molecular flexibility index (Phi) is 5.43. The number of hydrogen-bond acceptors (Lipinski definition) is 5. The van der Waals surface area contributed by atoms with Crippen LogP contribution in [-0.2, 0) is 6.54 Å². The highest BCUT2D eigenvalue weighted by Gasteiger charge is 2.22. The molecule has 3 aromatic carbocycles. The van der Waals surface area contributed by atoms with Crippen molar-refractivity contribution in [1.29, 1.82) is 0 Å². The molecule has 8 heteroatoms. The van der Waals surface area contributed by atoms with Crippen molar-refractivity contribution in [3.8, 4) is 16.3 Å². The van der Waals surface area contributed by atoms with Gasteiger partial charge in [0.2, 0.25) is 0 Å². The predicted molar refractivity (Wildman–Crippen MR) is 133 cm³/mol. The number of fused-ring (bicyclic) bond motifs is 2. The first-order valence-electron chi connectivity index (χ1n) is 10.4. The summed E-state index contributed by atoms with van der Waals surface area (Å²) in [7, 11) is 0. The van der Waals surface area contributed by atoms with Crippen molar-refractivity contribution in [1.82, 2.24) is 9.55 Å². The van der Waals surface area contributed by atoms with Gasteiger partial charge in [0.05, 0.1) is 15.7 Å². The van der Waals surface area contributed by atoms with E-state index >= 15 is 0 Å². The van der Waals surface area contributed by atoms with Gasteiger partial charge in [0.15, 0.2) is 0 Å². The lowest BCUT2D eigenvalue weighted by atomic mass is 10.1. The van der Waals surface area contributed by atoms with Crippen LogP contribution in [0.15, 0.2) is 84.2 Å². The van der Waals surface area contributed by atoms with E-state index in [1.165, 1.54) is 28.0 Å². The third kappa shape index (κ3) is 3.74. The Morgan fingerprint density at radius 1 is 1.15 bits per heavy atom. The molecule has 5 aromatic rings. The number of rotatable bonds is 5. The smallest absolute Gasteiger partial charge is 0.268 e. The summed E-state index contributed by atoms with van der Waals surface area (Å²) in [6.45, 7) is 3.87. The molecule has 2 aromatic heterocycles. The van der Waals surface area contributed by atoms with Crippen LogP contribution in [0.5, 0.6) is 5.75 Å². The summed E-state index contributed by atoms with van der Waals surface area (Å²) < 4.78 is 15.6. The fourth-order valence-corrected chi connectivity index (χ4v) is 4.81. The number of aromatic hydroxyl groups is 1. The summed E-state index contributed by atoms with van der Waals surface area (Å²) in [4.78, 5) is 30.6. The molecule has 0 saturated heterocycles. The Labute approximate surface area is 197 Å². The standard InChI is InChI=1S/C26H18FN3O3S/c1-2-13-30-20-6-4-3-5-18(20)23(31)22(26(30)33)24(32)28-17-10-7-15(8-11-17)25-29-19-12-9-16(27)14-21(19)34-25/h2-12,14,31H,1,13H2,(H,28,32). The number of thiazole rings is 1. The number of benzene rings is 3. The van der Waals surface area contributed by atoms with Crippen molar-refractivity contribution >= 4 is 44.1 Å². The van der Waals surface area contributed by atoms with E-state index < -0.39 is 11.5 Å². The number of para-hydroxylation sites is 1. The molecule has 34 heavy (non-hydrogen) atoms. The molecule has 5 rings (SSSR count). The van der Waals surface area contributed by atoms with Crippen LogP contribution in [0.2, 0.25) is 0 Å². The highest BCUT2D eigenvalue weighted by molar-refractivity contribution is 7.21. The van der Waals surface area contributed by atoms with Crippen molar-refractivity contribution in [3.05, 3.63) is 101 Å². The number of nitrogens with zero attached hydrogens (tertiary/aromatic N) is 2. The van der Waals surface area contributed by atoms with E-state index in [1.54, 1.807) is 60.7 Å². The number of hydrogen-bond donors (Lipinski definition) is 2. The number of aromatic nitrogens is 2. The number of anilines is 1. The Morgan fingerprint density at radius 2 is 1.91 bits per heavy atom. The molecule has 0 atom stereocenters. The van der Waals surface area contributed by atoms with Gasteiger partial charge in [-0.25, -0.2) is 9.37 Å². The molecular formula is C26H18FN3O3S. The van der Waals surface area contributed by atoms with Crippen LogP contribution in [-0.4, -0.2) is 20.6 Å². The Morgan fingerprint density at radius 3 is 2.68 bits per heavy atom. The largest absolute Gasteiger partial charge is 0.506 e. The molecule has 0 aliphatic heterocycles. The minimum atomic E-state index is -0.714. The summed E-state index contributed by atoms with van der Waals surface area (Å²) in [6, 6.07) is 18.2. The van der Waals surface area contributed by atoms with Gasteiger partial charge in [-0.15, -0.1) is 17.9 Å². The molecule has 0 radical (unpaired) electrons. The van der Waals surface area contributed by atoms with Gasteiger partial charge in [-0.05, 0) is 54.6 Å². The van der Waals surface area contributed by atoms with E-state index in [0.717, 1.165) is 15.3 Å². The lowest BCUT2D eigenvalue weighted by Gasteiger charge is -2.14. The molecule has 1 amide bonds. The predicted octanol–water partition coefficient (Wildman–Crippen LogP) is 5.56. The third-order valence-corrected chi connectivity index (χ3v) is 6.49. The maximum absolute atomic E-state index is 13.5. The van der Waals surface area contributed by atoms with E-state index in [0.29, 0.717) is 22.1 Å². The van der Waals surface area contributed by atoms with Gasteiger partial charge in [0.25, 0.3) is 11.5 Å². The number of nitrogens with one attached hydrogen (secondary N) is 1. The fraction of sp³-hybridized carbons (Fsp3) is 0.0385. The minimum absolute atomic E-state index is 0.195. The van der Waals surface area contributed by atoms with E-state index in [4.69, 9.17) is 0 Å². The van der Waals surface area contributed by atoms with Crippen LogP contribution < -0.4 is 10.9 Å². The van der Waals surface area contributed by atoms with Crippen molar-refractivity contribution in [3.63, 3.8) is 0 Å². The molecule has 0 fully saturated rings. The third-order valence-electron chi connectivity index (χ3n) is 5.42. The molecule has 2 N–H and O–H groups in total. The first-order valence-corrected chi connectivity index (χ1v) is 11.2. The van der Waals surface area contributed by atoms with Crippen LogP contribution in [0.1, 0.15) is 10.4 Å². The van der Waals surface area contributed by atoms with Crippen LogP contribution in [0.3, 0.4) is 0 Å². The monoisotopic (exact) mass is 471 g/mol. The average molecular weight is 472 g/mol. The van der Waals surface area contributed by atoms with Crippen molar-refractivity contribution in [2.75, 3.05) is 5.32 Å². The van der Waals surface area contributed by atoms with E-state index in [-0.39, 0.29) is 23.7 Å². The molecule has 0 spiro atoms. The molecule has 168 valence electrons. The summed E-state index contributed by atoms with van der Waals surface area (Å²) in [5, 5.41) is 14.5. The molecular weight excluding hydrogens is 453 g/mol. The summed E-state index contributed by atoms with van der Waals surface area (Å²) >= 11 is 1.37. The molecule has 0 aliphatic carbocycles. The minimum Gasteiger partial charge on any atom is -0.506 e. The van der Waals surface area contributed by atoms with E-state index in [2.05, 4.69) is 16.9 Å². The molecule has 0 aliphatic rings. The molecule has 0 unspecified atom stereocenters. The number of allylic oxidation sites excluding steroid dienone is 1. The first-order chi connectivity index (χ1) is 16.5. The second-order valence-electron chi connectivity index (χ2n) is 7.61. The van der Waals surface area contributed by atoms with Gasteiger partial charge in [-0.2, -0.15) is 0 Å². The lowest BCUT2D eigenvalue weighted by Crippen LogP contribution is -2.29. The zero-order valence-corrected chi connectivity index (χ0v) is 18.6. The summed E-state index contributed by atoms with van der Waals surface area (Å²) in [5.41, 5.74) is 1.54. The van der Waals surface area contributed by atoms with Gasteiger partial charge >= 0.3 is 0 Å². The second-order valence-corrected chi connectivity index (χ2v) is 8.64. The zero-order valence-electron chi connectivity index (χ0n) is 17.8. The van der Waals surface area contributed by atoms with Gasteiger partial charge in [0.1, 0.15) is 22.1 Å². The van der Waals surface area contributed by atoms with Crippen LogP contribution >= 0.6 is 11.3 Å². The topological polar surface area (TPSA) is 84.2 Å². The van der Waals surface area contributed by atoms with Gasteiger partial charge in [0, 0.05) is 23.2 Å². The maximum atomic E-state index is 13.5. The zero-order chi connectivity index (χ0) is 23.8. The average Bonchev–Trinajstić information content (AvgIpc) is 3.25. The number of pyridine rings is 1. The van der Waals surface area contributed by atoms with Crippen molar-refractivity contribution < 1.29 is 14.3 Å². The molecule has 0 bridgehead atoms. The summed E-state index contributed by atoms with van der Waals surface area (Å²) in [6.07, 6.45) is 1.56. The number of amides is 1. The van der Waals surface area contributed by atoms with Crippen LogP contribution in [0, 0.1) is 5.82 Å². The Bertz CT molecular complexity index is 1640. The number of carbonyl (C=O) groups is 1.